The fourth-order valence-electron chi connectivity index (χ4n) is 2.98. The Kier molecular flexibility index (Phi) is 5.45. The van der Waals surface area contributed by atoms with Gasteiger partial charge in [-0.3, -0.25) is 4.79 Å². The molecule has 0 aromatic carbocycles. The Morgan fingerprint density at radius 1 is 1.26 bits per heavy atom. The van der Waals surface area contributed by atoms with Gasteiger partial charge in [0.15, 0.2) is 0 Å². The molecule has 3 heterocycles. The van der Waals surface area contributed by atoms with Crippen molar-refractivity contribution in [3.05, 3.63) is 42.2 Å². The lowest BCUT2D eigenvalue weighted by Crippen LogP contribution is -2.50. The molecule has 1 fully saturated rings. The molecule has 2 atom stereocenters. The molecular formula is C17H19F3N6O. The molecule has 0 spiro atoms. The molecule has 5 N–H and O–H groups in total. The first kappa shape index (κ1) is 18.9. The van der Waals surface area contributed by atoms with E-state index in [2.05, 4.69) is 25.9 Å². The number of piperidine rings is 1. The molecular weight excluding hydrogens is 361 g/mol. The maximum Gasteiger partial charge on any atom is 0.394 e. The van der Waals surface area contributed by atoms with E-state index >= 15 is 0 Å². The van der Waals surface area contributed by atoms with Crippen LogP contribution in [0.25, 0.3) is 0 Å². The largest absolute Gasteiger partial charge is 0.394 e. The molecule has 0 saturated carbocycles. The third kappa shape index (κ3) is 4.64. The van der Waals surface area contributed by atoms with Crippen molar-refractivity contribution in [3.63, 3.8) is 0 Å². The van der Waals surface area contributed by atoms with E-state index in [9.17, 15) is 18.0 Å². The minimum absolute atomic E-state index is 0.0287. The van der Waals surface area contributed by atoms with Gasteiger partial charge in [-0.1, -0.05) is 6.07 Å². The van der Waals surface area contributed by atoms with Gasteiger partial charge in [-0.15, -0.1) is 0 Å². The second kappa shape index (κ2) is 7.78. The quantitative estimate of drug-likeness (QED) is 0.634. The van der Waals surface area contributed by atoms with Crippen LogP contribution in [0.1, 0.15) is 16.8 Å². The second-order valence-electron chi connectivity index (χ2n) is 6.21. The molecule has 1 amide bonds. The Morgan fingerprint density at radius 3 is 2.74 bits per heavy atom. The van der Waals surface area contributed by atoms with Crippen molar-refractivity contribution in [2.45, 2.75) is 18.6 Å². The summed E-state index contributed by atoms with van der Waals surface area (Å²) in [6.07, 6.45) is -1.28. The van der Waals surface area contributed by atoms with Gasteiger partial charge in [-0.05, 0) is 25.1 Å². The van der Waals surface area contributed by atoms with Crippen molar-refractivity contribution >= 4 is 23.2 Å². The molecule has 1 aliphatic heterocycles. The van der Waals surface area contributed by atoms with Crippen LogP contribution in [-0.2, 0) is 0 Å². The van der Waals surface area contributed by atoms with Gasteiger partial charge in [-0.25, -0.2) is 9.97 Å². The number of amides is 1. The Labute approximate surface area is 153 Å². The van der Waals surface area contributed by atoms with E-state index < -0.39 is 24.0 Å². The number of carbonyl (C=O) groups is 1. The molecule has 0 radical (unpaired) electrons. The lowest BCUT2D eigenvalue weighted by molar-refractivity contribution is -0.180. The number of nitrogens with two attached hydrogens (primary N) is 1. The number of rotatable bonds is 5. The molecule has 27 heavy (non-hydrogen) atoms. The highest BCUT2D eigenvalue weighted by Crippen LogP contribution is 2.33. The van der Waals surface area contributed by atoms with E-state index in [1.807, 2.05) is 0 Å². The van der Waals surface area contributed by atoms with Crippen LogP contribution in [0.5, 0.6) is 0 Å². The van der Waals surface area contributed by atoms with Gasteiger partial charge in [0, 0.05) is 31.0 Å². The first-order chi connectivity index (χ1) is 12.8. The number of primary amides is 1. The number of pyridine rings is 2. The van der Waals surface area contributed by atoms with Gasteiger partial charge >= 0.3 is 6.18 Å². The topological polar surface area (TPSA) is 105 Å². The monoisotopic (exact) mass is 380 g/mol. The van der Waals surface area contributed by atoms with Crippen molar-refractivity contribution in [2.75, 3.05) is 23.7 Å². The SMILES string of the molecule is NC(=O)c1cnc(Nc2ccccn2)cc1N[C@@H]1CCNC[C@@H]1C(F)(F)F. The first-order valence-corrected chi connectivity index (χ1v) is 8.36. The third-order valence-corrected chi connectivity index (χ3v) is 4.33. The first-order valence-electron chi connectivity index (χ1n) is 8.36. The molecule has 2 aromatic heterocycles. The van der Waals surface area contributed by atoms with Gasteiger partial charge in [0.25, 0.3) is 5.91 Å². The van der Waals surface area contributed by atoms with Crippen molar-refractivity contribution in [1.29, 1.82) is 0 Å². The van der Waals surface area contributed by atoms with Crippen LogP contribution in [0, 0.1) is 5.92 Å². The number of alkyl halides is 3. The van der Waals surface area contributed by atoms with Crippen molar-refractivity contribution in [1.82, 2.24) is 15.3 Å². The maximum atomic E-state index is 13.3. The Hall–Kier alpha value is -2.88. The summed E-state index contributed by atoms with van der Waals surface area (Å²) in [4.78, 5) is 19.9. The highest BCUT2D eigenvalue weighted by molar-refractivity contribution is 5.98. The normalized spacial score (nSPS) is 20.1. The fourth-order valence-corrected chi connectivity index (χ4v) is 2.98. The van der Waals surface area contributed by atoms with Crippen LogP contribution in [0.2, 0.25) is 0 Å². The van der Waals surface area contributed by atoms with Crippen LogP contribution < -0.4 is 21.7 Å². The van der Waals surface area contributed by atoms with Crippen LogP contribution in [-0.4, -0.2) is 41.2 Å². The average Bonchev–Trinajstić information content (AvgIpc) is 2.62. The summed E-state index contributed by atoms with van der Waals surface area (Å²) in [6.45, 7) is 0.261. The lowest BCUT2D eigenvalue weighted by Gasteiger charge is -2.35. The summed E-state index contributed by atoms with van der Waals surface area (Å²) in [5, 5.41) is 8.55. The fraction of sp³-hybridized carbons (Fsp3) is 0.353. The molecule has 3 rings (SSSR count). The van der Waals surface area contributed by atoms with E-state index in [-0.39, 0.29) is 24.2 Å². The highest BCUT2D eigenvalue weighted by Gasteiger charge is 2.45. The van der Waals surface area contributed by atoms with E-state index in [0.29, 0.717) is 18.2 Å². The Morgan fingerprint density at radius 2 is 2.07 bits per heavy atom. The van der Waals surface area contributed by atoms with E-state index in [1.165, 1.54) is 12.3 Å². The molecule has 0 unspecified atom stereocenters. The maximum absolute atomic E-state index is 13.3. The van der Waals surface area contributed by atoms with Gasteiger partial charge < -0.3 is 21.7 Å². The Bertz CT molecular complexity index is 799. The van der Waals surface area contributed by atoms with E-state index in [0.717, 1.165) is 0 Å². The minimum Gasteiger partial charge on any atom is -0.381 e. The van der Waals surface area contributed by atoms with Crippen molar-refractivity contribution in [3.8, 4) is 0 Å². The van der Waals surface area contributed by atoms with Crippen LogP contribution >= 0.6 is 0 Å². The number of anilines is 3. The van der Waals surface area contributed by atoms with Crippen LogP contribution in [0.4, 0.5) is 30.5 Å². The number of halogens is 3. The number of carbonyl (C=O) groups excluding carboxylic acids is 1. The second-order valence-corrected chi connectivity index (χ2v) is 6.21. The lowest BCUT2D eigenvalue weighted by atomic mass is 9.92. The zero-order valence-electron chi connectivity index (χ0n) is 14.3. The van der Waals surface area contributed by atoms with Gasteiger partial charge in [-0.2, -0.15) is 13.2 Å². The minimum atomic E-state index is -4.36. The summed E-state index contributed by atoms with van der Waals surface area (Å²) in [6, 6.07) is 5.81. The average molecular weight is 380 g/mol. The van der Waals surface area contributed by atoms with Crippen molar-refractivity contribution < 1.29 is 18.0 Å². The standard InChI is InChI=1S/C17H19F3N6O/c18-17(19,20)11-9-22-6-4-12(11)25-13-7-15(24-8-10(13)16(21)27)26-14-3-1-2-5-23-14/h1-3,5,7-8,11-12,22H,4,6,9H2,(H2,21,27)(H2,23,24,25,26)/t11-,12+/m0/s1. The molecule has 144 valence electrons. The third-order valence-electron chi connectivity index (χ3n) is 4.33. The predicted molar refractivity (Wildman–Crippen MR) is 94.7 cm³/mol. The van der Waals surface area contributed by atoms with Crippen molar-refractivity contribution in [2.24, 2.45) is 11.7 Å². The molecule has 1 aliphatic rings. The highest BCUT2D eigenvalue weighted by atomic mass is 19.4. The van der Waals surface area contributed by atoms with Gasteiger partial charge in [0.1, 0.15) is 11.6 Å². The predicted octanol–water partition coefficient (Wildman–Crippen LogP) is 2.27. The van der Waals surface area contributed by atoms with Crippen LogP contribution in [0.3, 0.4) is 0 Å². The number of nitrogens with one attached hydrogen (secondary N) is 3. The molecule has 7 nitrogen and oxygen atoms in total. The summed E-state index contributed by atoms with van der Waals surface area (Å²) < 4.78 is 39.9. The molecule has 0 bridgehead atoms. The van der Waals surface area contributed by atoms with Gasteiger partial charge in [0.05, 0.1) is 17.2 Å². The molecule has 10 heteroatoms. The van der Waals surface area contributed by atoms with E-state index in [4.69, 9.17) is 5.73 Å². The summed E-state index contributed by atoms with van der Waals surface area (Å²) in [5.74, 6) is -1.50. The molecule has 0 aliphatic carbocycles. The van der Waals surface area contributed by atoms with Gasteiger partial charge in [0.2, 0.25) is 0 Å². The zero-order chi connectivity index (χ0) is 19.4. The summed E-state index contributed by atoms with van der Waals surface area (Å²) in [5.41, 5.74) is 5.59. The number of nitrogens with zero attached hydrogens (tertiary/aromatic N) is 2. The van der Waals surface area contributed by atoms with E-state index in [1.54, 1.807) is 24.4 Å². The summed E-state index contributed by atoms with van der Waals surface area (Å²) in [7, 11) is 0. The smallest absolute Gasteiger partial charge is 0.381 e. The van der Waals surface area contributed by atoms with Crippen LogP contribution in [0.15, 0.2) is 36.7 Å². The molecule has 2 aromatic rings. The zero-order valence-corrected chi connectivity index (χ0v) is 14.3. The number of hydrogen-bond donors (Lipinski definition) is 4. The number of hydrogen-bond acceptors (Lipinski definition) is 6. The number of aromatic nitrogens is 2. The summed E-state index contributed by atoms with van der Waals surface area (Å²) >= 11 is 0. The Balaban J connectivity index is 1.87. The molecule has 1 saturated heterocycles.